The fourth-order valence-electron chi connectivity index (χ4n) is 2.13. The summed E-state index contributed by atoms with van der Waals surface area (Å²) in [4.78, 5) is 22.8. The van der Waals surface area contributed by atoms with Crippen LogP contribution in [-0.2, 0) is 9.59 Å². The summed E-state index contributed by atoms with van der Waals surface area (Å²) < 4.78 is 0. The Morgan fingerprint density at radius 2 is 2.10 bits per heavy atom. The van der Waals surface area contributed by atoms with Crippen LogP contribution in [0.1, 0.15) is 24.8 Å². The zero-order valence-corrected chi connectivity index (χ0v) is 11.5. The van der Waals surface area contributed by atoms with Gasteiger partial charge in [0, 0.05) is 13.0 Å². The number of carbonyl (C=O) groups excluding carboxylic acids is 1. The van der Waals surface area contributed by atoms with Crippen molar-refractivity contribution in [2.24, 2.45) is 5.92 Å². The summed E-state index contributed by atoms with van der Waals surface area (Å²) in [5.41, 5.74) is 0.877. The average molecular weight is 287 g/mol. The van der Waals surface area contributed by atoms with Gasteiger partial charge in [-0.3, -0.25) is 9.59 Å². The molecule has 6 heteroatoms. The molecule has 0 radical (unpaired) electrons. The fourth-order valence-corrected chi connectivity index (χ4v) is 2.13. The minimum Gasteiger partial charge on any atom is -0.480 e. The predicted octanol–water partition coefficient (Wildman–Crippen LogP) is 1.34. The van der Waals surface area contributed by atoms with Crippen molar-refractivity contribution in [2.45, 2.75) is 25.3 Å². The highest BCUT2D eigenvalue weighted by Crippen LogP contribution is 2.32. The summed E-state index contributed by atoms with van der Waals surface area (Å²) in [6.45, 7) is 0.300. The minimum absolute atomic E-state index is 0.163. The predicted molar refractivity (Wildman–Crippen MR) is 76.6 cm³/mol. The molecular formula is C15H17N3O3. The number of para-hydroxylation sites is 1. The number of aliphatic carboxylic acids is 1. The van der Waals surface area contributed by atoms with Gasteiger partial charge in [0.15, 0.2) is 0 Å². The van der Waals surface area contributed by atoms with Crippen LogP contribution in [-0.4, -0.2) is 29.6 Å². The molecule has 110 valence electrons. The molecule has 0 aliphatic heterocycles. The molecule has 1 aliphatic rings. The number of benzene rings is 1. The molecule has 0 aromatic heterocycles. The normalized spacial score (nSPS) is 15.0. The van der Waals surface area contributed by atoms with Gasteiger partial charge >= 0.3 is 5.97 Å². The molecule has 1 aromatic rings. The zero-order chi connectivity index (χ0) is 15.2. The van der Waals surface area contributed by atoms with Crippen molar-refractivity contribution in [3.63, 3.8) is 0 Å². The van der Waals surface area contributed by atoms with E-state index in [-0.39, 0.29) is 18.2 Å². The quantitative estimate of drug-likeness (QED) is 0.702. The Hall–Kier alpha value is -2.39. The van der Waals surface area contributed by atoms with Gasteiger partial charge in [-0.15, -0.1) is 0 Å². The number of carboxylic acids is 1. The summed E-state index contributed by atoms with van der Waals surface area (Å²) in [6.07, 6.45) is 2.01. The van der Waals surface area contributed by atoms with Gasteiger partial charge in [-0.1, -0.05) is 12.1 Å². The molecule has 3 N–H and O–H groups in total. The van der Waals surface area contributed by atoms with Crippen LogP contribution in [0.4, 0.5) is 5.69 Å². The van der Waals surface area contributed by atoms with Gasteiger partial charge < -0.3 is 15.7 Å². The van der Waals surface area contributed by atoms with Crippen LogP contribution in [0.5, 0.6) is 0 Å². The molecule has 1 unspecified atom stereocenters. The van der Waals surface area contributed by atoms with Crippen molar-refractivity contribution in [2.75, 3.05) is 11.9 Å². The van der Waals surface area contributed by atoms with Crippen LogP contribution in [0.2, 0.25) is 0 Å². The Labute approximate surface area is 122 Å². The first-order chi connectivity index (χ1) is 10.1. The largest absolute Gasteiger partial charge is 0.480 e. The average Bonchev–Trinajstić information content (AvgIpc) is 3.28. The fraction of sp³-hybridized carbons (Fsp3) is 0.400. The van der Waals surface area contributed by atoms with E-state index in [0.717, 1.165) is 12.8 Å². The standard InChI is InChI=1S/C15H17N3O3/c16-9-11-3-1-2-4-12(11)18-13(19)7-8-17-14(15(20)21)10-5-6-10/h1-4,10,14,17H,5-8H2,(H,18,19)(H,20,21). The molecule has 0 saturated heterocycles. The number of nitrogens with zero attached hydrogens (tertiary/aromatic N) is 1. The number of hydrogen-bond donors (Lipinski definition) is 3. The van der Waals surface area contributed by atoms with Gasteiger partial charge in [0.2, 0.25) is 5.91 Å². The lowest BCUT2D eigenvalue weighted by molar-refractivity contribution is -0.140. The van der Waals surface area contributed by atoms with Crippen molar-refractivity contribution >= 4 is 17.6 Å². The van der Waals surface area contributed by atoms with Crippen LogP contribution >= 0.6 is 0 Å². The number of carboxylic acid groups (broad SMARTS) is 1. The lowest BCUT2D eigenvalue weighted by Crippen LogP contribution is -2.39. The molecule has 1 atom stereocenters. The van der Waals surface area contributed by atoms with Crippen LogP contribution in [0, 0.1) is 17.2 Å². The number of nitrogens with one attached hydrogen (secondary N) is 2. The summed E-state index contributed by atoms with van der Waals surface area (Å²) in [5, 5.41) is 23.5. The first kappa shape index (κ1) is 15.0. The number of amides is 1. The number of hydrogen-bond acceptors (Lipinski definition) is 4. The maximum absolute atomic E-state index is 11.8. The monoisotopic (exact) mass is 287 g/mol. The third-order valence-electron chi connectivity index (χ3n) is 3.40. The van der Waals surface area contributed by atoms with Gasteiger partial charge in [-0.25, -0.2) is 0 Å². The smallest absolute Gasteiger partial charge is 0.320 e. The second-order valence-corrected chi connectivity index (χ2v) is 5.06. The second kappa shape index (κ2) is 6.86. The van der Waals surface area contributed by atoms with Crippen LogP contribution in [0.15, 0.2) is 24.3 Å². The van der Waals surface area contributed by atoms with Gasteiger partial charge in [0.1, 0.15) is 12.1 Å². The van der Waals surface area contributed by atoms with Gasteiger partial charge in [-0.2, -0.15) is 5.26 Å². The van der Waals surface area contributed by atoms with E-state index in [4.69, 9.17) is 10.4 Å². The number of carbonyl (C=O) groups is 2. The van der Waals surface area contributed by atoms with E-state index >= 15 is 0 Å². The lowest BCUT2D eigenvalue weighted by atomic mass is 10.2. The molecule has 0 bridgehead atoms. The van der Waals surface area contributed by atoms with Gasteiger partial charge in [0.25, 0.3) is 0 Å². The highest BCUT2D eigenvalue weighted by molar-refractivity contribution is 5.92. The highest BCUT2D eigenvalue weighted by atomic mass is 16.4. The lowest BCUT2D eigenvalue weighted by Gasteiger charge is -2.13. The Kier molecular flexibility index (Phi) is 4.90. The van der Waals surface area contributed by atoms with Gasteiger partial charge in [-0.05, 0) is 30.9 Å². The van der Waals surface area contributed by atoms with E-state index < -0.39 is 12.0 Å². The van der Waals surface area contributed by atoms with Crippen molar-refractivity contribution < 1.29 is 14.7 Å². The topological polar surface area (TPSA) is 102 Å². The third kappa shape index (κ3) is 4.29. The zero-order valence-electron chi connectivity index (χ0n) is 11.5. The third-order valence-corrected chi connectivity index (χ3v) is 3.40. The van der Waals surface area contributed by atoms with E-state index in [0.29, 0.717) is 17.8 Å². The minimum atomic E-state index is -0.868. The molecule has 1 aliphatic carbocycles. The molecule has 0 heterocycles. The van der Waals surface area contributed by atoms with E-state index in [2.05, 4.69) is 10.6 Å². The number of rotatable bonds is 7. The summed E-state index contributed by atoms with van der Waals surface area (Å²) in [5.74, 6) is -0.928. The molecule has 21 heavy (non-hydrogen) atoms. The van der Waals surface area contributed by atoms with Crippen LogP contribution in [0.3, 0.4) is 0 Å². The van der Waals surface area contributed by atoms with Crippen LogP contribution < -0.4 is 10.6 Å². The number of anilines is 1. The van der Waals surface area contributed by atoms with Crippen LogP contribution in [0.25, 0.3) is 0 Å². The molecule has 1 amide bonds. The molecule has 0 spiro atoms. The molecule has 6 nitrogen and oxygen atoms in total. The van der Waals surface area contributed by atoms with E-state index in [1.807, 2.05) is 6.07 Å². The molecule has 1 fully saturated rings. The van der Waals surface area contributed by atoms with Crippen molar-refractivity contribution in [1.82, 2.24) is 5.32 Å². The molecule has 1 aromatic carbocycles. The van der Waals surface area contributed by atoms with E-state index in [9.17, 15) is 9.59 Å². The Bertz CT molecular complexity index is 576. The Morgan fingerprint density at radius 1 is 1.38 bits per heavy atom. The summed E-state index contributed by atoms with van der Waals surface area (Å²) in [6, 6.07) is 8.19. The second-order valence-electron chi connectivity index (χ2n) is 5.06. The summed E-state index contributed by atoms with van der Waals surface area (Å²) >= 11 is 0. The molecule has 1 saturated carbocycles. The maximum atomic E-state index is 11.8. The van der Waals surface area contributed by atoms with E-state index in [1.165, 1.54) is 0 Å². The highest BCUT2D eigenvalue weighted by Gasteiger charge is 2.35. The SMILES string of the molecule is N#Cc1ccccc1NC(=O)CCNC(C(=O)O)C1CC1. The van der Waals surface area contributed by atoms with Crippen molar-refractivity contribution in [3.8, 4) is 6.07 Å². The number of nitriles is 1. The summed E-state index contributed by atoms with van der Waals surface area (Å²) in [7, 11) is 0. The first-order valence-electron chi connectivity index (χ1n) is 6.87. The molecular weight excluding hydrogens is 270 g/mol. The Morgan fingerprint density at radius 3 is 2.71 bits per heavy atom. The van der Waals surface area contributed by atoms with Crippen molar-refractivity contribution in [1.29, 1.82) is 5.26 Å². The molecule has 2 rings (SSSR count). The Balaban J connectivity index is 1.80. The first-order valence-corrected chi connectivity index (χ1v) is 6.87. The maximum Gasteiger partial charge on any atom is 0.320 e. The van der Waals surface area contributed by atoms with Crippen molar-refractivity contribution in [3.05, 3.63) is 29.8 Å². The van der Waals surface area contributed by atoms with Gasteiger partial charge in [0.05, 0.1) is 11.3 Å². The van der Waals surface area contributed by atoms with E-state index in [1.54, 1.807) is 24.3 Å².